The Balaban J connectivity index is 2.06. The number of benzene rings is 2. The van der Waals surface area contributed by atoms with Gasteiger partial charge in [-0.15, -0.1) is 5.23 Å². The highest BCUT2D eigenvalue weighted by Gasteiger charge is 2.34. The quantitative estimate of drug-likeness (QED) is 0.551. The number of hydrogen-bond donors (Lipinski definition) is 3. The molecule has 0 saturated heterocycles. The van der Waals surface area contributed by atoms with Gasteiger partial charge in [-0.1, -0.05) is 41.4 Å². The summed E-state index contributed by atoms with van der Waals surface area (Å²) in [6.07, 6.45) is 0.647. The number of halogens is 2. The number of carbonyl (C=O) groups excluding carboxylic acids is 1. The zero-order chi connectivity index (χ0) is 22.8. The number of carbonyl (C=O) groups is 1. The fourth-order valence-electron chi connectivity index (χ4n) is 3.31. The van der Waals surface area contributed by atoms with Crippen LogP contribution in [-0.4, -0.2) is 37.9 Å². The van der Waals surface area contributed by atoms with Crippen molar-refractivity contribution in [2.45, 2.75) is 30.3 Å². The maximum Gasteiger partial charge on any atom is 0.238 e. The molecule has 0 aromatic heterocycles. The van der Waals surface area contributed by atoms with E-state index in [1.165, 1.54) is 12.1 Å². The predicted octanol–water partition coefficient (Wildman–Crippen LogP) is 3.43. The van der Waals surface area contributed by atoms with Gasteiger partial charge in [-0.05, 0) is 42.7 Å². The van der Waals surface area contributed by atoms with E-state index in [0.29, 0.717) is 56.9 Å². The van der Waals surface area contributed by atoms with Crippen LogP contribution in [0.2, 0.25) is 10.0 Å². The summed E-state index contributed by atoms with van der Waals surface area (Å²) < 4.78 is 23.2. The Morgan fingerprint density at radius 2 is 1.81 bits per heavy atom. The molecule has 1 aliphatic heterocycles. The highest BCUT2D eigenvalue weighted by Crippen LogP contribution is 2.41. The van der Waals surface area contributed by atoms with Crippen LogP contribution in [0, 0.1) is 0 Å². The minimum Gasteiger partial charge on any atom is -0.359 e. The summed E-state index contributed by atoms with van der Waals surface area (Å²) in [6.45, 7) is 0. The summed E-state index contributed by atoms with van der Waals surface area (Å²) in [5.74, 6) is -0.105. The van der Waals surface area contributed by atoms with Gasteiger partial charge in [0, 0.05) is 24.6 Å². The molecule has 0 aliphatic carbocycles. The van der Waals surface area contributed by atoms with Gasteiger partial charge in [0.2, 0.25) is 15.9 Å². The highest BCUT2D eigenvalue weighted by atomic mass is 35.5. The summed E-state index contributed by atoms with van der Waals surface area (Å²) in [5, 5.41) is 19.6. The van der Waals surface area contributed by atoms with Gasteiger partial charge in [-0.2, -0.15) is 0 Å². The van der Waals surface area contributed by atoms with E-state index in [9.17, 15) is 18.4 Å². The van der Waals surface area contributed by atoms with Gasteiger partial charge in [0.1, 0.15) is 11.8 Å². The van der Waals surface area contributed by atoms with E-state index >= 15 is 0 Å². The summed E-state index contributed by atoms with van der Waals surface area (Å²) in [6, 6.07) is 10.8. The van der Waals surface area contributed by atoms with Crippen LogP contribution in [0.25, 0.3) is 11.3 Å². The van der Waals surface area contributed by atoms with E-state index in [1.807, 2.05) is 0 Å². The number of hydrogen-bond acceptors (Lipinski definition) is 6. The Labute approximate surface area is 190 Å². The molecule has 1 heterocycles. The number of nitrogens with two attached hydrogens (primary N) is 1. The SMILES string of the molecule is CNC(=O)CCCC1ON(O)C(c2ccc(Cl)c(Cl)c2)=C1c1ccc(S(N)(=O)=O)cc1. The van der Waals surface area contributed by atoms with Crippen molar-refractivity contribution in [3.63, 3.8) is 0 Å². The number of rotatable bonds is 7. The zero-order valence-electron chi connectivity index (χ0n) is 16.5. The molecular formula is C20H21Cl2N3O5S. The Morgan fingerprint density at radius 3 is 2.39 bits per heavy atom. The molecule has 0 bridgehead atoms. The number of hydroxylamine groups is 2. The number of sulfonamides is 1. The maximum atomic E-state index is 11.6. The third-order valence-corrected chi connectivity index (χ3v) is 6.50. The van der Waals surface area contributed by atoms with Crippen molar-refractivity contribution in [2.75, 3.05) is 7.05 Å². The van der Waals surface area contributed by atoms with Gasteiger partial charge < -0.3 is 5.32 Å². The van der Waals surface area contributed by atoms with E-state index in [-0.39, 0.29) is 10.8 Å². The number of nitrogens with one attached hydrogen (secondary N) is 1. The maximum absolute atomic E-state index is 11.6. The zero-order valence-corrected chi connectivity index (χ0v) is 18.8. The Hall–Kier alpha value is -2.14. The standard InChI is InChI=1S/C20H21Cl2N3O5S/c1-24-18(26)4-2-3-17-19(12-5-8-14(9-6-12)31(23,28)29)20(25(27)30-17)13-7-10-15(21)16(22)11-13/h5-11,17,27H,2-4H2,1H3,(H,24,26)(H2,23,28,29). The summed E-state index contributed by atoms with van der Waals surface area (Å²) in [5.41, 5.74) is 2.12. The van der Waals surface area contributed by atoms with Gasteiger partial charge in [0.15, 0.2) is 0 Å². The molecule has 0 spiro atoms. The van der Waals surface area contributed by atoms with E-state index in [1.54, 1.807) is 37.4 Å². The van der Waals surface area contributed by atoms with Crippen molar-refractivity contribution < 1.29 is 23.3 Å². The third-order valence-electron chi connectivity index (χ3n) is 4.83. The van der Waals surface area contributed by atoms with E-state index in [4.69, 9.17) is 33.2 Å². The third kappa shape index (κ3) is 5.38. The van der Waals surface area contributed by atoms with Crippen molar-refractivity contribution in [3.05, 3.63) is 63.6 Å². The highest BCUT2D eigenvalue weighted by molar-refractivity contribution is 7.89. The molecule has 166 valence electrons. The van der Waals surface area contributed by atoms with Crippen LogP contribution in [0.15, 0.2) is 47.4 Å². The van der Waals surface area contributed by atoms with Crippen LogP contribution < -0.4 is 10.5 Å². The molecule has 1 aliphatic rings. The molecule has 1 unspecified atom stereocenters. The molecule has 0 radical (unpaired) electrons. The van der Waals surface area contributed by atoms with Gasteiger partial charge in [0.25, 0.3) is 0 Å². The molecule has 1 amide bonds. The second-order valence-corrected chi connectivity index (χ2v) is 9.27. The van der Waals surface area contributed by atoms with E-state index in [0.717, 1.165) is 0 Å². The van der Waals surface area contributed by atoms with Gasteiger partial charge >= 0.3 is 0 Å². The van der Waals surface area contributed by atoms with Crippen LogP contribution in [0.1, 0.15) is 30.4 Å². The fourth-order valence-corrected chi connectivity index (χ4v) is 4.12. The second kappa shape index (κ2) is 9.56. The molecular weight excluding hydrogens is 465 g/mol. The monoisotopic (exact) mass is 485 g/mol. The van der Waals surface area contributed by atoms with Gasteiger partial charge in [-0.25, -0.2) is 18.4 Å². The smallest absolute Gasteiger partial charge is 0.238 e. The first kappa shape index (κ1) is 23.5. The molecule has 8 nitrogen and oxygen atoms in total. The molecule has 2 aromatic carbocycles. The lowest BCUT2D eigenvalue weighted by Gasteiger charge is -2.14. The van der Waals surface area contributed by atoms with Crippen molar-refractivity contribution in [1.82, 2.24) is 10.5 Å². The Morgan fingerprint density at radius 1 is 1.16 bits per heavy atom. The normalized spacial score (nSPS) is 16.7. The molecule has 3 rings (SSSR count). The molecule has 0 saturated carbocycles. The number of amides is 1. The average molecular weight is 486 g/mol. The van der Waals surface area contributed by atoms with Crippen molar-refractivity contribution in [2.24, 2.45) is 5.14 Å². The Kier molecular flexibility index (Phi) is 7.25. The molecule has 1 atom stereocenters. The van der Waals surface area contributed by atoms with Gasteiger partial charge in [0.05, 0.1) is 14.9 Å². The lowest BCUT2D eigenvalue weighted by Crippen LogP contribution is -2.20. The lowest BCUT2D eigenvalue weighted by molar-refractivity contribution is -0.297. The van der Waals surface area contributed by atoms with Crippen LogP contribution in [0.5, 0.6) is 0 Å². The average Bonchev–Trinajstić information content (AvgIpc) is 3.05. The number of primary sulfonamides is 1. The minimum atomic E-state index is -3.85. The second-order valence-electron chi connectivity index (χ2n) is 6.89. The predicted molar refractivity (Wildman–Crippen MR) is 118 cm³/mol. The summed E-state index contributed by atoms with van der Waals surface area (Å²) in [7, 11) is -2.29. The largest absolute Gasteiger partial charge is 0.359 e. The first-order chi connectivity index (χ1) is 14.6. The van der Waals surface area contributed by atoms with Crippen LogP contribution in [0.3, 0.4) is 0 Å². The molecule has 0 fully saturated rings. The first-order valence-electron chi connectivity index (χ1n) is 9.31. The van der Waals surface area contributed by atoms with Crippen LogP contribution in [0.4, 0.5) is 0 Å². The molecule has 31 heavy (non-hydrogen) atoms. The van der Waals surface area contributed by atoms with E-state index in [2.05, 4.69) is 5.32 Å². The summed E-state index contributed by atoms with van der Waals surface area (Å²) >= 11 is 12.2. The van der Waals surface area contributed by atoms with Crippen LogP contribution in [-0.2, 0) is 19.7 Å². The van der Waals surface area contributed by atoms with Crippen molar-refractivity contribution in [3.8, 4) is 0 Å². The van der Waals surface area contributed by atoms with Crippen LogP contribution >= 0.6 is 23.2 Å². The summed E-state index contributed by atoms with van der Waals surface area (Å²) in [4.78, 5) is 17.2. The molecule has 11 heteroatoms. The van der Waals surface area contributed by atoms with Crippen molar-refractivity contribution >= 4 is 50.4 Å². The van der Waals surface area contributed by atoms with Gasteiger partial charge in [-0.3, -0.25) is 10.0 Å². The first-order valence-corrected chi connectivity index (χ1v) is 11.6. The lowest BCUT2D eigenvalue weighted by atomic mass is 9.93. The fraction of sp³-hybridized carbons (Fsp3) is 0.250. The topological polar surface area (TPSA) is 122 Å². The van der Waals surface area contributed by atoms with E-state index < -0.39 is 16.1 Å². The number of nitrogens with zero attached hydrogens (tertiary/aromatic N) is 1. The molecule has 2 aromatic rings. The Bertz CT molecular complexity index is 1120. The van der Waals surface area contributed by atoms with Crippen molar-refractivity contribution in [1.29, 1.82) is 0 Å². The molecule has 4 N–H and O–H groups in total. The minimum absolute atomic E-state index is 0.0381.